The van der Waals surface area contributed by atoms with Crippen LogP contribution in [0.4, 0.5) is 0 Å². The molecular weight excluding hydrogens is 148 g/mol. The third-order valence-electron chi connectivity index (χ3n) is 3.36. The van der Waals surface area contributed by atoms with Gasteiger partial charge in [0.15, 0.2) is 0 Å². The molecule has 0 radical (unpaired) electrons. The predicted molar refractivity (Wildman–Crippen MR) is 52.2 cm³/mol. The van der Waals surface area contributed by atoms with Gasteiger partial charge in [0.25, 0.3) is 0 Å². The summed E-state index contributed by atoms with van der Waals surface area (Å²) in [6.07, 6.45) is 2.43. The first-order valence-corrected chi connectivity index (χ1v) is 4.99. The van der Waals surface area contributed by atoms with Gasteiger partial charge in [-0.25, -0.2) is 0 Å². The lowest BCUT2D eigenvalue weighted by molar-refractivity contribution is -0.144. The van der Waals surface area contributed by atoms with Crippen LogP contribution in [0.1, 0.15) is 47.5 Å². The molecule has 0 aromatic rings. The Bertz CT molecular complexity index is 157. The number of hydrogen-bond acceptors (Lipinski definition) is 1. The summed E-state index contributed by atoms with van der Waals surface area (Å²) < 4.78 is 5.90. The molecule has 0 amide bonds. The van der Waals surface area contributed by atoms with Crippen molar-refractivity contribution in [3.63, 3.8) is 0 Å². The molecule has 1 heteroatoms. The fraction of sp³-hybridized carbons (Fsp3) is 1.00. The molecule has 72 valence electrons. The molecule has 0 spiro atoms. The minimum absolute atomic E-state index is 0.0880. The van der Waals surface area contributed by atoms with Gasteiger partial charge >= 0.3 is 0 Å². The van der Waals surface area contributed by atoms with E-state index in [9.17, 15) is 0 Å². The average molecular weight is 170 g/mol. The normalized spacial score (nSPS) is 38.2. The lowest BCUT2D eigenvalue weighted by Crippen LogP contribution is -2.46. The molecule has 0 bridgehead atoms. The van der Waals surface area contributed by atoms with E-state index in [1.165, 1.54) is 12.8 Å². The smallest absolute Gasteiger partial charge is 0.0705 e. The van der Waals surface area contributed by atoms with Gasteiger partial charge in [-0.1, -0.05) is 27.7 Å². The van der Waals surface area contributed by atoms with Crippen molar-refractivity contribution in [2.45, 2.75) is 53.1 Å². The monoisotopic (exact) mass is 170 g/mol. The van der Waals surface area contributed by atoms with Crippen molar-refractivity contribution in [2.75, 3.05) is 6.61 Å². The Morgan fingerprint density at radius 1 is 1.33 bits per heavy atom. The zero-order valence-electron chi connectivity index (χ0n) is 9.11. The second-order valence-corrected chi connectivity index (χ2v) is 5.43. The largest absolute Gasteiger partial charge is 0.375 e. The molecular formula is C11H22O. The van der Waals surface area contributed by atoms with Gasteiger partial charge in [-0.2, -0.15) is 0 Å². The molecule has 1 rings (SSSR count). The van der Waals surface area contributed by atoms with Crippen molar-refractivity contribution in [3.05, 3.63) is 0 Å². The zero-order chi connectivity index (χ0) is 9.41. The second-order valence-electron chi connectivity index (χ2n) is 5.43. The fourth-order valence-electron chi connectivity index (χ4n) is 1.83. The highest BCUT2D eigenvalue weighted by Gasteiger charge is 2.41. The number of hydrogen-bond donors (Lipinski definition) is 0. The van der Waals surface area contributed by atoms with Crippen LogP contribution in [-0.2, 0) is 4.74 Å². The van der Waals surface area contributed by atoms with Crippen molar-refractivity contribution < 1.29 is 4.74 Å². The minimum atomic E-state index is 0.0880. The quantitative estimate of drug-likeness (QED) is 0.542. The topological polar surface area (TPSA) is 9.23 Å². The van der Waals surface area contributed by atoms with Crippen molar-refractivity contribution in [1.82, 2.24) is 0 Å². The Morgan fingerprint density at radius 3 is 2.25 bits per heavy atom. The predicted octanol–water partition coefficient (Wildman–Crippen LogP) is 3.24. The maximum atomic E-state index is 5.90. The van der Waals surface area contributed by atoms with E-state index in [4.69, 9.17) is 4.74 Å². The van der Waals surface area contributed by atoms with Crippen LogP contribution in [0.25, 0.3) is 0 Å². The highest BCUT2D eigenvalue weighted by molar-refractivity contribution is 4.91. The molecule has 2 unspecified atom stereocenters. The van der Waals surface area contributed by atoms with Crippen molar-refractivity contribution in [1.29, 1.82) is 0 Å². The minimum Gasteiger partial charge on any atom is -0.375 e. The summed E-state index contributed by atoms with van der Waals surface area (Å²) >= 11 is 0. The van der Waals surface area contributed by atoms with Gasteiger partial charge in [0.05, 0.1) is 5.60 Å². The van der Waals surface area contributed by atoms with Crippen LogP contribution >= 0.6 is 0 Å². The van der Waals surface area contributed by atoms with Gasteiger partial charge in [0.2, 0.25) is 0 Å². The van der Waals surface area contributed by atoms with Crippen LogP contribution in [0, 0.1) is 11.3 Å². The van der Waals surface area contributed by atoms with Crippen molar-refractivity contribution >= 4 is 0 Å². The molecule has 0 aliphatic carbocycles. The van der Waals surface area contributed by atoms with Crippen LogP contribution < -0.4 is 0 Å². The molecule has 12 heavy (non-hydrogen) atoms. The van der Waals surface area contributed by atoms with Gasteiger partial charge in [-0.05, 0) is 31.1 Å². The molecule has 1 aliphatic heterocycles. The molecule has 1 nitrogen and oxygen atoms in total. The standard InChI is InChI=1S/C11H22O/c1-9-6-7-12-11(5,8-9)10(2,3)4/h9H,6-8H2,1-5H3. The molecule has 1 aliphatic rings. The van der Waals surface area contributed by atoms with Gasteiger partial charge < -0.3 is 4.74 Å². The average Bonchev–Trinajstić information content (AvgIpc) is 1.83. The maximum absolute atomic E-state index is 5.90. The SMILES string of the molecule is CC1CCOC(C)(C(C)(C)C)C1. The summed E-state index contributed by atoms with van der Waals surface area (Å²) in [6, 6.07) is 0. The molecule has 0 saturated carbocycles. The van der Waals surface area contributed by atoms with Crippen LogP contribution in [-0.4, -0.2) is 12.2 Å². The molecule has 0 aromatic heterocycles. The summed E-state index contributed by atoms with van der Waals surface area (Å²) in [7, 11) is 0. The molecule has 1 fully saturated rings. The molecule has 2 atom stereocenters. The Balaban J connectivity index is 2.70. The first kappa shape index (κ1) is 10.0. The van der Waals surface area contributed by atoms with Gasteiger partial charge in [0, 0.05) is 6.61 Å². The fourth-order valence-corrected chi connectivity index (χ4v) is 1.83. The number of ether oxygens (including phenoxy) is 1. The van der Waals surface area contributed by atoms with Gasteiger partial charge in [-0.3, -0.25) is 0 Å². The van der Waals surface area contributed by atoms with Gasteiger partial charge in [-0.15, -0.1) is 0 Å². The van der Waals surface area contributed by atoms with Crippen molar-refractivity contribution in [2.24, 2.45) is 11.3 Å². The summed E-state index contributed by atoms with van der Waals surface area (Å²) in [5.41, 5.74) is 0.354. The van der Waals surface area contributed by atoms with Crippen LogP contribution in [0.2, 0.25) is 0 Å². The third-order valence-corrected chi connectivity index (χ3v) is 3.36. The van der Waals surface area contributed by atoms with E-state index >= 15 is 0 Å². The molecule has 1 saturated heterocycles. The van der Waals surface area contributed by atoms with E-state index in [0.717, 1.165) is 12.5 Å². The van der Waals surface area contributed by atoms with E-state index < -0.39 is 0 Å². The first-order chi connectivity index (χ1) is 5.35. The lowest BCUT2D eigenvalue weighted by Gasteiger charge is -2.46. The Hall–Kier alpha value is -0.0400. The first-order valence-electron chi connectivity index (χ1n) is 4.99. The van der Waals surface area contributed by atoms with Crippen LogP contribution in [0.5, 0.6) is 0 Å². The molecule has 1 heterocycles. The van der Waals surface area contributed by atoms with Crippen LogP contribution in [0.15, 0.2) is 0 Å². The highest BCUT2D eigenvalue weighted by atomic mass is 16.5. The zero-order valence-corrected chi connectivity index (χ0v) is 9.11. The lowest BCUT2D eigenvalue weighted by atomic mass is 9.71. The van der Waals surface area contributed by atoms with Gasteiger partial charge in [0.1, 0.15) is 0 Å². The van der Waals surface area contributed by atoms with E-state index in [2.05, 4.69) is 34.6 Å². The van der Waals surface area contributed by atoms with Crippen LogP contribution in [0.3, 0.4) is 0 Å². The van der Waals surface area contributed by atoms with Crippen molar-refractivity contribution in [3.8, 4) is 0 Å². The third kappa shape index (κ3) is 1.82. The molecule has 0 N–H and O–H groups in total. The Morgan fingerprint density at radius 2 is 1.92 bits per heavy atom. The Kier molecular flexibility index (Phi) is 2.53. The number of rotatable bonds is 0. The second kappa shape index (κ2) is 3.02. The molecule has 0 aromatic carbocycles. The summed E-state index contributed by atoms with van der Waals surface area (Å²) in [4.78, 5) is 0. The summed E-state index contributed by atoms with van der Waals surface area (Å²) in [5, 5.41) is 0. The summed E-state index contributed by atoms with van der Waals surface area (Å²) in [5.74, 6) is 0.822. The Labute approximate surface area is 76.5 Å². The van der Waals surface area contributed by atoms with E-state index in [0.29, 0.717) is 0 Å². The highest BCUT2D eigenvalue weighted by Crippen LogP contribution is 2.41. The van der Waals surface area contributed by atoms with E-state index in [-0.39, 0.29) is 11.0 Å². The summed E-state index contributed by atoms with van der Waals surface area (Å²) in [6.45, 7) is 12.3. The maximum Gasteiger partial charge on any atom is 0.0705 e. The van der Waals surface area contributed by atoms with E-state index in [1.54, 1.807) is 0 Å². The van der Waals surface area contributed by atoms with E-state index in [1.807, 2.05) is 0 Å².